The third-order valence-corrected chi connectivity index (χ3v) is 5.44. The van der Waals surface area contributed by atoms with Crippen molar-refractivity contribution in [2.75, 3.05) is 5.32 Å². The van der Waals surface area contributed by atoms with E-state index in [4.69, 9.17) is 27.6 Å². The fraction of sp³-hybridized carbons (Fsp3) is 0.0526. The van der Waals surface area contributed by atoms with Gasteiger partial charge in [-0.3, -0.25) is 10.1 Å². The molecule has 0 aliphatic rings. The summed E-state index contributed by atoms with van der Waals surface area (Å²) in [5.74, 6) is 0.453. The fourth-order valence-corrected chi connectivity index (χ4v) is 3.72. The Labute approximate surface area is 163 Å². The van der Waals surface area contributed by atoms with E-state index in [0.717, 1.165) is 21.3 Å². The van der Waals surface area contributed by atoms with Crippen LogP contribution in [0.25, 0.3) is 21.5 Å². The number of hydrogen-bond acceptors (Lipinski definition) is 4. The molecule has 4 rings (SSSR count). The molecule has 1 amide bonds. The Morgan fingerprint density at radius 2 is 1.88 bits per heavy atom. The average molecular weight is 403 g/mol. The zero-order valence-corrected chi connectivity index (χ0v) is 15.9. The van der Waals surface area contributed by atoms with Crippen molar-refractivity contribution in [3.63, 3.8) is 0 Å². The van der Waals surface area contributed by atoms with Gasteiger partial charge in [-0.1, -0.05) is 34.5 Å². The van der Waals surface area contributed by atoms with Crippen LogP contribution >= 0.6 is 34.5 Å². The molecule has 4 aromatic rings. The molecule has 0 spiro atoms. The number of carbonyl (C=O) groups is 1. The number of anilines is 1. The predicted octanol–water partition coefficient (Wildman–Crippen LogP) is 6.42. The lowest BCUT2D eigenvalue weighted by atomic mass is 10.2. The van der Waals surface area contributed by atoms with Crippen molar-refractivity contribution in [1.82, 2.24) is 4.98 Å². The lowest BCUT2D eigenvalue weighted by Crippen LogP contribution is -2.10. The molecule has 0 radical (unpaired) electrons. The summed E-state index contributed by atoms with van der Waals surface area (Å²) >= 11 is 13.4. The third kappa shape index (κ3) is 3.33. The van der Waals surface area contributed by atoms with Crippen molar-refractivity contribution in [3.05, 3.63) is 69.9 Å². The molecule has 0 fully saturated rings. The molecule has 2 aromatic carbocycles. The number of halogens is 2. The van der Waals surface area contributed by atoms with Gasteiger partial charge in [-0.15, -0.1) is 0 Å². The maximum absolute atomic E-state index is 12.4. The number of carbonyl (C=O) groups excluding carboxylic acids is 1. The topological polar surface area (TPSA) is 55.1 Å². The van der Waals surface area contributed by atoms with Gasteiger partial charge in [0.1, 0.15) is 5.76 Å². The smallest absolute Gasteiger partial charge is 0.293 e. The Morgan fingerprint density at radius 3 is 2.65 bits per heavy atom. The number of aromatic nitrogens is 1. The monoisotopic (exact) mass is 402 g/mol. The molecule has 0 saturated heterocycles. The van der Waals surface area contributed by atoms with Crippen molar-refractivity contribution in [2.45, 2.75) is 6.92 Å². The number of amides is 1. The quantitative estimate of drug-likeness (QED) is 0.429. The van der Waals surface area contributed by atoms with Crippen LogP contribution in [0.5, 0.6) is 0 Å². The van der Waals surface area contributed by atoms with E-state index < -0.39 is 0 Å². The molecule has 0 unspecified atom stereocenters. The standard InChI is InChI=1S/C19H12Cl2N2O2S/c1-10-8-17-14(9-13(10)21)22-19(26-17)23-18(24)16-7-6-15(25-16)11-2-4-12(20)5-3-11/h2-9H,1H3,(H,22,23,24). The Morgan fingerprint density at radius 1 is 1.12 bits per heavy atom. The van der Waals surface area contributed by atoms with Gasteiger partial charge in [0.15, 0.2) is 10.9 Å². The van der Waals surface area contributed by atoms with Crippen molar-refractivity contribution in [2.24, 2.45) is 0 Å². The molecule has 2 heterocycles. The first-order chi connectivity index (χ1) is 12.5. The highest BCUT2D eigenvalue weighted by atomic mass is 35.5. The second kappa shape index (κ2) is 6.76. The molecule has 0 aliphatic heterocycles. The molecule has 130 valence electrons. The first-order valence-electron chi connectivity index (χ1n) is 7.73. The van der Waals surface area contributed by atoms with Crippen molar-refractivity contribution in [3.8, 4) is 11.3 Å². The van der Waals surface area contributed by atoms with E-state index in [1.165, 1.54) is 11.3 Å². The summed E-state index contributed by atoms with van der Waals surface area (Å²) in [6.45, 7) is 1.93. The molecule has 4 nitrogen and oxygen atoms in total. The van der Waals surface area contributed by atoms with Crippen LogP contribution in [-0.4, -0.2) is 10.9 Å². The Hall–Kier alpha value is -2.34. The molecule has 7 heteroatoms. The minimum Gasteiger partial charge on any atom is -0.451 e. The molecular formula is C19H12Cl2N2O2S. The van der Waals surface area contributed by atoms with E-state index in [1.54, 1.807) is 30.3 Å². The second-order valence-electron chi connectivity index (χ2n) is 5.71. The minimum atomic E-state index is -0.355. The number of benzene rings is 2. The highest BCUT2D eigenvalue weighted by molar-refractivity contribution is 7.22. The van der Waals surface area contributed by atoms with E-state index in [9.17, 15) is 4.79 Å². The number of hydrogen-bond donors (Lipinski definition) is 1. The van der Waals surface area contributed by atoms with Gasteiger partial charge in [0.05, 0.1) is 10.2 Å². The molecular weight excluding hydrogens is 391 g/mol. The van der Waals surface area contributed by atoms with Crippen LogP contribution in [0, 0.1) is 6.92 Å². The number of thiazole rings is 1. The predicted molar refractivity (Wildman–Crippen MR) is 106 cm³/mol. The van der Waals surface area contributed by atoms with Gasteiger partial charge in [0, 0.05) is 15.6 Å². The zero-order valence-electron chi connectivity index (χ0n) is 13.5. The first kappa shape index (κ1) is 17.1. The summed E-state index contributed by atoms with van der Waals surface area (Å²) < 4.78 is 6.62. The van der Waals surface area contributed by atoms with Crippen LogP contribution < -0.4 is 5.32 Å². The van der Waals surface area contributed by atoms with Crippen LogP contribution in [0.2, 0.25) is 10.0 Å². The molecule has 26 heavy (non-hydrogen) atoms. The third-order valence-electron chi connectivity index (χ3n) is 3.85. The van der Waals surface area contributed by atoms with Crippen LogP contribution in [-0.2, 0) is 0 Å². The molecule has 0 bridgehead atoms. The van der Waals surface area contributed by atoms with Gasteiger partial charge in [0.2, 0.25) is 0 Å². The van der Waals surface area contributed by atoms with E-state index in [-0.39, 0.29) is 11.7 Å². The van der Waals surface area contributed by atoms with Crippen molar-refractivity contribution >= 4 is 55.8 Å². The maximum Gasteiger partial charge on any atom is 0.293 e. The Balaban J connectivity index is 1.56. The Bertz CT molecular complexity index is 1080. The normalized spacial score (nSPS) is 11.0. The largest absolute Gasteiger partial charge is 0.451 e. The van der Waals surface area contributed by atoms with Gasteiger partial charge in [-0.05, 0) is 61.0 Å². The lowest BCUT2D eigenvalue weighted by molar-refractivity contribution is 0.0997. The average Bonchev–Trinajstić information content (AvgIpc) is 3.23. The van der Waals surface area contributed by atoms with Gasteiger partial charge >= 0.3 is 0 Å². The number of nitrogens with zero attached hydrogens (tertiary/aromatic N) is 1. The zero-order chi connectivity index (χ0) is 18.3. The molecule has 0 atom stereocenters. The summed E-state index contributed by atoms with van der Waals surface area (Å²) in [4.78, 5) is 16.8. The Kier molecular flexibility index (Phi) is 4.44. The number of fused-ring (bicyclic) bond motifs is 1. The number of nitrogens with one attached hydrogen (secondary N) is 1. The van der Waals surface area contributed by atoms with Crippen LogP contribution in [0.3, 0.4) is 0 Å². The van der Waals surface area contributed by atoms with Crippen LogP contribution in [0.15, 0.2) is 52.9 Å². The van der Waals surface area contributed by atoms with Gasteiger partial charge in [-0.2, -0.15) is 0 Å². The lowest BCUT2D eigenvalue weighted by Gasteiger charge is -1.99. The highest BCUT2D eigenvalue weighted by Crippen LogP contribution is 2.31. The maximum atomic E-state index is 12.4. The number of aryl methyl sites for hydroxylation is 1. The summed E-state index contributed by atoms with van der Waals surface area (Å²) in [7, 11) is 0. The van der Waals surface area contributed by atoms with E-state index in [0.29, 0.717) is 20.9 Å². The summed E-state index contributed by atoms with van der Waals surface area (Å²) in [6.07, 6.45) is 0. The molecule has 0 aliphatic carbocycles. The van der Waals surface area contributed by atoms with Crippen molar-refractivity contribution < 1.29 is 9.21 Å². The van der Waals surface area contributed by atoms with Gasteiger partial charge < -0.3 is 4.42 Å². The van der Waals surface area contributed by atoms with Gasteiger partial charge in [0.25, 0.3) is 5.91 Å². The van der Waals surface area contributed by atoms with E-state index in [2.05, 4.69) is 10.3 Å². The van der Waals surface area contributed by atoms with Crippen LogP contribution in [0.1, 0.15) is 16.1 Å². The minimum absolute atomic E-state index is 0.211. The number of rotatable bonds is 3. The molecule has 1 N–H and O–H groups in total. The second-order valence-corrected chi connectivity index (χ2v) is 7.59. The number of furan rings is 1. The summed E-state index contributed by atoms with van der Waals surface area (Å²) in [5.41, 5.74) is 2.57. The van der Waals surface area contributed by atoms with Crippen molar-refractivity contribution in [1.29, 1.82) is 0 Å². The molecule has 0 saturated carbocycles. The van der Waals surface area contributed by atoms with Crippen LogP contribution in [0.4, 0.5) is 5.13 Å². The van der Waals surface area contributed by atoms with E-state index in [1.807, 2.05) is 25.1 Å². The highest BCUT2D eigenvalue weighted by Gasteiger charge is 2.15. The summed E-state index contributed by atoms with van der Waals surface area (Å²) in [5, 5.41) is 4.56. The van der Waals surface area contributed by atoms with E-state index >= 15 is 0 Å². The van der Waals surface area contributed by atoms with Gasteiger partial charge in [-0.25, -0.2) is 4.98 Å². The molecule has 2 aromatic heterocycles. The first-order valence-corrected chi connectivity index (χ1v) is 9.30. The fourth-order valence-electron chi connectivity index (χ4n) is 2.49. The SMILES string of the molecule is Cc1cc2sc(NC(=O)c3ccc(-c4ccc(Cl)cc4)o3)nc2cc1Cl. The summed E-state index contributed by atoms with van der Waals surface area (Å²) in [6, 6.07) is 14.3.